The molecule has 2 aliphatic rings. The fourth-order valence-electron chi connectivity index (χ4n) is 2.04. The molecule has 2 atom stereocenters. The number of carbonyl (C=O) groups excluding carboxylic acids is 2. The van der Waals surface area contributed by atoms with E-state index in [0.717, 1.165) is 6.42 Å². The molecular formula is C10H15N2O4. The summed E-state index contributed by atoms with van der Waals surface area (Å²) in [5.74, 6) is -1.24. The maximum absolute atomic E-state index is 11.8. The highest BCUT2D eigenvalue weighted by Gasteiger charge is 2.44. The van der Waals surface area contributed by atoms with Crippen LogP contribution in [0.4, 0.5) is 0 Å². The van der Waals surface area contributed by atoms with Crippen LogP contribution < -0.4 is 11.1 Å². The molecule has 16 heavy (non-hydrogen) atoms. The van der Waals surface area contributed by atoms with Gasteiger partial charge in [-0.1, -0.05) is 0 Å². The lowest BCUT2D eigenvalue weighted by Gasteiger charge is -2.26. The lowest BCUT2D eigenvalue weighted by Crippen LogP contribution is -2.56. The van der Waals surface area contributed by atoms with Gasteiger partial charge in [-0.3, -0.25) is 15.3 Å². The number of hydrogen-bond donors (Lipinski definition) is 1. The molecule has 2 aliphatic heterocycles. The van der Waals surface area contributed by atoms with Crippen LogP contribution in [0, 0.1) is 0 Å². The molecule has 2 amide bonds. The maximum atomic E-state index is 11.8. The van der Waals surface area contributed by atoms with Gasteiger partial charge in [-0.2, -0.15) is 0 Å². The van der Waals surface area contributed by atoms with Gasteiger partial charge in [0.1, 0.15) is 6.10 Å². The van der Waals surface area contributed by atoms with Crippen LogP contribution in [0.15, 0.2) is 0 Å². The maximum Gasteiger partial charge on any atom is 0.291 e. The standard InChI is InChI=1S/C10H15N2O4/c11-9(14)10(4-2-6-16-10)12-8(13)7-3-1-5-15-7/h7,11H,1-6H2,(H,12,13). The number of nitrogens with one attached hydrogen (secondary N) is 2. The summed E-state index contributed by atoms with van der Waals surface area (Å²) in [5, 5.41) is 2.51. The summed E-state index contributed by atoms with van der Waals surface area (Å²) in [6.07, 6.45) is 2.06. The van der Waals surface area contributed by atoms with Gasteiger partial charge in [-0.05, 0) is 19.3 Å². The predicted molar refractivity (Wildman–Crippen MR) is 53.1 cm³/mol. The molecule has 0 aliphatic carbocycles. The van der Waals surface area contributed by atoms with Gasteiger partial charge < -0.3 is 14.8 Å². The lowest BCUT2D eigenvalue weighted by atomic mass is 10.1. The van der Waals surface area contributed by atoms with Crippen molar-refractivity contribution in [3.63, 3.8) is 0 Å². The van der Waals surface area contributed by atoms with Gasteiger partial charge in [-0.15, -0.1) is 0 Å². The molecule has 6 heteroatoms. The van der Waals surface area contributed by atoms with Crippen molar-refractivity contribution in [1.29, 1.82) is 0 Å². The van der Waals surface area contributed by atoms with Crippen LogP contribution in [0.3, 0.4) is 0 Å². The molecule has 0 bridgehead atoms. The van der Waals surface area contributed by atoms with Crippen molar-refractivity contribution in [2.24, 2.45) is 0 Å². The summed E-state index contributed by atoms with van der Waals surface area (Å²) in [7, 11) is 0. The van der Waals surface area contributed by atoms with E-state index in [1.165, 1.54) is 0 Å². The number of rotatable bonds is 3. The minimum absolute atomic E-state index is 0.347. The number of carbonyl (C=O) groups is 2. The van der Waals surface area contributed by atoms with E-state index in [1.807, 2.05) is 0 Å². The molecule has 2 saturated heterocycles. The van der Waals surface area contributed by atoms with Gasteiger partial charge in [0.2, 0.25) is 5.72 Å². The number of ether oxygens (including phenoxy) is 2. The first-order valence-electron chi connectivity index (χ1n) is 5.48. The van der Waals surface area contributed by atoms with Gasteiger partial charge in [0.25, 0.3) is 11.8 Å². The normalized spacial score (nSPS) is 33.9. The molecule has 0 aromatic carbocycles. The monoisotopic (exact) mass is 227 g/mol. The molecule has 0 aromatic rings. The summed E-state index contributed by atoms with van der Waals surface area (Å²) >= 11 is 0. The van der Waals surface area contributed by atoms with E-state index in [-0.39, 0.29) is 5.91 Å². The van der Waals surface area contributed by atoms with Crippen LogP contribution in [-0.2, 0) is 19.1 Å². The summed E-state index contributed by atoms with van der Waals surface area (Å²) < 4.78 is 10.4. The largest absolute Gasteiger partial charge is 0.368 e. The number of amides is 2. The first-order chi connectivity index (χ1) is 7.64. The minimum atomic E-state index is -1.43. The van der Waals surface area contributed by atoms with Crippen LogP contribution in [0.5, 0.6) is 0 Å². The first-order valence-corrected chi connectivity index (χ1v) is 5.48. The van der Waals surface area contributed by atoms with Crippen molar-refractivity contribution < 1.29 is 19.1 Å². The molecule has 1 radical (unpaired) electrons. The van der Waals surface area contributed by atoms with E-state index in [9.17, 15) is 9.59 Å². The zero-order chi connectivity index (χ0) is 11.6. The van der Waals surface area contributed by atoms with Gasteiger partial charge in [0.15, 0.2) is 0 Å². The van der Waals surface area contributed by atoms with Crippen molar-refractivity contribution in [3.8, 4) is 0 Å². The van der Waals surface area contributed by atoms with Crippen molar-refractivity contribution in [3.05, 3.63) is 0 Å². The van der Waals surface area contributed by atoms with Crippen LogP contribution >= 0.6 is 0 Å². The van der Waals surface area contributed by atoms with Crippen molar-refractivity contribution in [2.75, 3.05) is 13.2 Å². The van der Waals surface area contributed by atoms with Gasteiger partial charge >= 0.3 is 0 Å². The van der Waals surface area contributed by atoms with Crippen LogP contribution in [0.2, 0.25) is 0 Å². The Bertz CT molecular complexity index is 293. The second-order valence-electron chi connectivity index (χ2n) is 4.10. The van der Waals surface area contributed by atoms with Gasteiger partial charge in [-0.25, -0.2) is 0 Å². The average molecular weight is 227 g/mol. The Labute approximate surface area is 93.5 Å². The fraction of sp³-hybridized carbons (Fsp3) is 0.800. The summed E-state index contributed by atoms with van der Waals surface area (Å²) in [6, 6.07) is 0. The van der Waals surface area contributed by atoms with E-state index in [1.54, 1.807) is 0 Å². The topological polar surface area (TPSA) is 88.4 Å². The van der Waals surface area contributed by atoms with E-state index < -0.39 is 17.7 Å². The van der Waals surface area contributed by atoms with Gasteiger partial charge in [0, 0.05) is 13.0 Å². The summed E-state index contributed by atoms with van der Waals surface area (Å²) in [4.78, 5) is 23.0. The molecule has 2 N–H and O–H groups in total. The first kappa shape index (κ1) is 11.3. The Morgan fingerprint density at radius 1 is 1.31 bits per heavy atom. The molecule has 89 valence electrons. The van der Waals surface area contributed by atoms with E-state index in [2.05, 4.69) is 5.32 Å². The zero-order valence-electron chi connectivity index (χ0n) is 8.95. The third-order valence-corrected chi connectivity index (χ3v) is 2.94. The van der Waals surface area contributed by atoms with Crippen LogP contribution in [0.25, 0.3) is 0 Å². The molecule has 0 spiro atoms. The smallest absolute Gasteiger partial charge is 0.291 e. The molecule has 0 saturated carbocycles. The summed E-state index contributed by atoms with van der Waals surface area (Å²) in [5.41, 5.74) is 5.74. The van der Waals surface area contributed by atoms with E-state index >= 15 is 0 Å². The third-order valence-electron chi connectivity index (χ3n) is 2.94. The second kappa shape index (κ2) is 4.39. The highest BCUT2D eigenvalue weighted by atomic mass is 16.5. The molecule has 2 heterocycles. The highest BCUT2D eigenvalue weighted by Crippen LogP contribution is 2.24. The Kier molecular flexibility index (Phi) is 3.11. The molecule has 6 nitrogen and oxygen atoms in total. The average Bonchev–Trinajstić information content (AvgIpc) is 2.88. The van der Waals surface area contributed by atoms with Crippen LogP contribution in [0.1, 0.15) is 25.7 Å². The molecule has 2 rings (SSSR count). The van der Waals surface area contributed by atoms with Crippen molar-refractivity contribution >= 4 is 11.8 Å². The molecule has 2 fully saturated rings. The zero-order valence-corrected chi connectivity index (χ0v) is 8.95. The van der Waals surface area contributed by atoms with Crippen molar-refractivity contribution in [2.45, 2.75) is 37.5 Å². The lowest BCUT2D eigenvalue weighted by molar-refractivity contribution is -0.152. The number of hydrogen-bond acceptors (Lipinski definition) is 4. The Hall–Kier alpha value is -1.14. The van der Waals surface area contributed by atoms with Gasteiger partial charge in [0.05, 0.1) is 6.61 Å². The quantitative estimate of drug-likeness (QED) is 0.710. The Balaban J connectivity index is 2.00. The SMILES string of the molecule is [NH]C(=O)C1(NC(=O)C2CCCO2)CCCO1. The fourth-order valence-corrected chi connectivity index (χ4v) is 2.04. The molecular weight excluding hydrogens is 212 g/mol. The third kappa shape index (κ3) is 2.03. The Morgan fingerprint density at radius 2 is 2.12 bits per heavy atom. The summed E-state index contributed by atoms with van der Waals surface area (Å²) in [6.45, 7) is 0.969. The van der Waals surface area contributed by atoms with E-state index in [4.69, 9.17) is 15.2 Å². The van der Waals surface area contributed by atoms with Crippen molar-refractivity contribution in [1.82, 2.24) is 11.1 Å². The Morgan fingerprint density at radius 3 is 2.62 bits per heavy atom. The predicted octanol–water partition coefficient (Wildman–Crippen LogP) is -0.402. The highest BCUT2D eigenvalue weighted by molar-refractivity contribution is 5.90. The van der Waals surface area contributed by atoms with E-state index in [0.29, 0.717) is 32.5 Å². The minimum Gasteiger partial charge on any atom is -0.368 e. The van der Waals surface area contributed by atoms with Crippen LogP contribution in [-0.4, -0.2) is 36.9 Å². The second-order valence-corrected chi connectivity index (χ2v) is 4.10. The molecule has 2 unspecified atom stereocenters. The molecule has 0 aromatic heterocycles.